The van der Waals surface area contributed by atoms with Gasteiger partial charge in [0.15, 0.2) is 25.0 Å². The molecule has 4 aliphatic heterocycles. The molecule has 5 fully saturated rings. The summed E-state index contributed by atoms with van der Waals surface area (Å²) in [5.74, 6) is -5.61. The van der Waals surface area contributed by atoms with Crippen LogP contribution >= 0.6 is 0 Å². The minimum atomic E-state index is -4.03. The van der Waals surface area contributed by atoms with Crippen molar-refractivity contribution in [2.24, 2.45) is 28.7 Å². The number of carbonyl (C=O) groups is 1. The standard InChI is InChI=1S/C33H62F2N8O15/c34-33(35,10-37)27(50)28(51)43-14-5-12(38)24(56-29-13(39)6-15(45)17(54-29)8-42-11-32(52)1-3-41-4-2-32)26(20(14)46)58-31-23(49)25(18(9-44)55-31)57-30-19(40)22(48)21(47)16(7-36)53-30/h12-27,29-31,41-42,44-50,52H,1-11,36-40H2,(H,43,51)/t12-,13+,14+,15-,16-,17+,18+,19+,20-,21+,22+,23+,24+,25+,26+,27+,29+,30+,31-/m0/s1. The molecule has 4 heterocycles. The number of hydrogen-bond acceptors (Lipinski definition) is 22. The van der Waals surface area contributed by atoms with Crippen LogP contribution in [-0.2, 0) is 33.2 Å². The summed E-state index contributed by atoms with van der Waals surface area (Å²) in [6.45, 7) is -0.812. The van der Waals surface area contributed by atoms with Crippen LogP contribution in [0.1, 0.15) is 25.7 Å². The third-order valence-electron chi connectivity index (χ3n) is 11.5. The molecule has 338 valence electrons. The van der Waals surface area contributed by atoms with Crippen molar-refractivity contribution < 1.29 is 82.8 Å². The molecule has 58 heavy (non-hydrogen) atoms. The Kier molecular flexibility index (Phi) is 16.5. The van der Waals surface area contributed by atoms with E-state index in [-0.39, 0.29) is 32.5 Å². The van der Waals surface area contributed by atoms with Crippen LogP contribution in [0.5, 0.6) is 0 Å². The first-order valence-corrected chi connectivity index (χ1v) is 19.5. The van der Waals surface area contributed by atoms with Gasteiger partial charge in [0.2, 0.25) is 0 Å². The highest BCUT2D eigenvalue weighted by Crippen LogP contribution is 2.35. The van der Waals surface area contributed by atoms with Gasteiger partial charge in [0.25, 0.3) is 11.8 Å². The summed E-state index contributed by atoms with van der Waals surface area (Å²) in [5, 5.41) is 94.1. The molecule has 0 aromatic rings. The van der Waals surface area contributed by atoms with Gasteiger partial charge in [-0.15, -0.1) is 0 Å². The third kappa shape index (κ3) is 10.7. The van der Waals surface area contributed by atoms with Crippen molar-refractivity contribution in [2.75, 3.05) is 45.9 Å². The molecule has 5 aliphatic rings. The second-order valence-corrected chi connectivity index (χ2v) is 15.8. The van der Waals surface area contributed by atoms with Crippen LogP contribution in [0.15, 0.2) is 0 Å². The number of carbonyl (C=O) groups excluding carboxylic acids is 1. The van der Waals surface area contributed by atoms with Crippen molar-refractivity contribution in [3.8, 4) is 0 Å². The van der Waals surface area contributed by atoms with Crippen molar-refractivity contribution in [3.05, 3.63) is 0 Å². The lowest BCUT2D eigenvalue weighted by molar-refractivity contribution is -0.297. The largest absolute Gasteiger partial charge is 0.394 e. The van der Waals surface area contributed by atoms with Gasteiger partial charge in [-0.25, -0.2) is 8.78 Å². The molecule has 0 unspecified atom stereocenters. The molecule has 25 heteroatoms. The first-order valence-electron chi connectivity index (χ1n) is 19.5. The predicted octanol–water partition coefficient (Wildman–Crippen LogP) is -9.01. The second-order valence-electron chi connectivity index (χ2n) is 15.8. The van der Waals surface area contributed by atoms with Gasteiger partial charge < -0.3 is 114 Å². The Labute approximate surface area is 332 Å². The lowest BCUT2D eigenvalue weighted by atomic mass is 9.83. The average Bonchev–Trinajstić information content (AvgIpc) is 3.49. The first kappa shape index (κ1) is 47.5. The Morgan fingerprint density at radius 2 is 1.45 bits per heavy atom. The Morgan fingerprint density at radius 1 is 0.828 bits per heavy atom. The van der Waals surface area contributed by atoms with E-state index in [4.69, 9.17) is 57.1 Å². The summed E-state index contributed by atoms with van der Waals surface area (Å²) in [4.78, 5) is 12.7. The minimum Gasteiger partial charge on any atom is -0.394 e. The maximum absolute atomic E-state index is 14.1. The SMILES string of the molecule is NC[C@@H]1O[C@H](O[C@H]2[C@@H](O)[C@H](O[C@@H]3[C@@H](O)[C@H](NC(=O)[C@@H](O)C(F)(F)CN)C[C@H](N)[C@H]3O[C@H]3O[C@H](CNCC4(O)CCNCC4)[C@@H](O)C[C@H]3N)O[C@@H]2CO)[C@H](N)[C@@H](O)[C@@H]1O. The van der Waals surface area contributed by atoms with Crippen molar-refractivity contribution >= 4 is 5.91 Å². The van der Waals surface area contributed by atoms with E-state index in [0.29, 0.717) is 25.9 Å². The number of piperidine rings is 1. The minimum absolute atomic E-state index is 0.0169. The summed E-state index contributed by atoms with van der Waals surface area (Å²) < 4.78 is 63.9. The van der Waals surface area contributed by atoms with E-state index < -0.39 is 147 Å². The molecule has 5 rings (SSSR count). The van der Waals surface area contributed by atoms with Crippen LogP contribution in [0.25, 0.3) is 0 Å². The van der Waals surface area contributed by atoms with Crippen molar-refractivity contribution in [2.45, 2.75) is 153 Å². The fraction of sp³-hybridized carbons (Fsp3) is 0.970. The molecule has 0 aromatic heterocycles. The number of hydrogen-bond donors (Lipinski definition) is 16. The predicted molar refractivity (Wildman–Crippen MR) is 192 cm³/mol. The van der Waals surface area contributed by atoms with E-state index in [0.717, 1.165) is 0 Å². The number of aliphatic hydroxyl groups excluding tert-OH is 7. The molecule has 0 radical (unpaired) electrons. The van der Waals surface area contributed by atoms with E-state index in [1.165, 1.54) is 0 Å². The third-order valence-corrected chi connectivity index (χ3v) is 11.5. The molecule has 0 bridgehead atoms. The number of rotatable bonds is 16. The van der Waals surface area contributed by atoms with Crippen LogP contribution in [0.2, 0.25) is 0 Å². The summed E-state index contributed by atoms with van der Waals surface area (Å²) >= 11 is 0. The van der Waals surface area contributed by atoms with Crippen molar-refractivity contribution in [1.29, 1.82) is 0 Å². The highest BCUT2D eigenvalue weighted by atomic mass is 19.3. The summed E-state index contributed by atoms with van der Waals surface area (Å²) in [6, 6.07) is -4.98. The maximum Gasteiger partial charge on any atom is 0.294 e. The zero-order chi connectivity index (χ0) is 42.7. The summed E-state index contributed by atoms with van der Waals surface area (Å²) in [6.07, 6.45) is -22.4. The van der Waals surface area contributed by atoms with Crippen LogP contribution in [0.4, 0.5) is 8.78 Å². The van der Waals surface area contributed by atoms with Crippen molar-refractivity contribution in [3.63, 3.8) is 0 Å². The average molecular weight is 849 g/mol. The van der Waals surface area contributed by atoms with E-state index in [2.05, 4.69) is 16.0 Å². The van der Waals surface area contributed by atoms with Crippen LogP contribution in [0, 0.1) is 0 Å². The number of ether oxygens (including phenoxy) is 6. The Morgan fingerprint density at radius 3 is 2.09 bits per heavy atom. The topological polar surface area (TPSA) is 400 Å². The van der Waals surface area contributed by atoms with Crippen LogP contribution < -0.4 is 44.6 Å². The Bertz CT molecular complexity index is 1320. The summed E-state index contributed by atoms with van der Waals surface area (Å²) in [5.41, 5.74) is 28.6. The summed E-state index contributed by atoms with van der Waals surface area (Å²) in [7, 11) is 0. The van der Waals surface area contributed by atoms with E-state index in [1.54, 1.807) is 0 Å². The molecule has 4 saturated heterocycles. The monoisotopic (exact) mass is 848 g/mol. The number of aliphatic hydroxyl groups is 8. The van der Waals surface area contributed by atoms with Crippen molar-refractivity contribution in [1.82, 2.24) is 16.0 Å². The fourth-order valence-corrected chi connectivity index (χ4v) is 7.89. The molecule has 0 aromatic carbocycles. The lowest BCUT2D eigenvalue weighted by Crippen LogP contribution is -2.68. The molecule has 1 amide bonds. The van der Waals surface area contributed by atoms with Gasteiger partial charge in [0.05, 0.1) is 49.1 Å². The molecule has 1 aliphatic carbocycles. The van der Waals surface area contributed by atoms with Gasteiger partial charge in [-0.2, -0.15) is 0 Å². The number of nitrogens with two attached hydrogens (primary N) is 5. The van der Waals surface area contributed by atoms with E-state index in [1.807, 2.05) is 0 Å². The molecule has 1 saturated carbocycles. The second kappa shape index (κ2) is 20.1. The highest BCUT2D eigenvalue weighted by molar-refractivity contribution is 5.82. The molecule has 0 spiro atoms. The Balaban J connectivity index is 1.34. The number of alkyl halides is 2. The number of nitrogens with one attached hydrogen (secondary N) is 3. The maximum atomic E-state index is 14.1. The normalized spacial score (nSPS) is 44.2. The molecular weight excluding hydrogens is 786 g/mol. The zero-order valence-electron chi connectivity index (χ0n) is 31.8. The van der Waals surface area contributed by atoms with E-state index in [9.17, 15) is 54.4 Å². The smallest absolute Gasteiger partial charge is 0.294 e. The van der Waals surface area contributed by atoms with Crippen LogP contribution in [-0.4, -0.2) is 220 Å². The Hall–Kier alpha value is -1.51. The lowest BCUT2D eigenvalue weighted by Gasteiger charge is -2.47. The number of halogens is 2. The van der Waals surface area contributed by atoms with Gasteiger partial charge in [0.1, 0.15) is 54.9 Å². The first-order chi connectivity index (χ1) is 27.3. The van der Waals surface area contributed by atoms with Crippen LogP contribution in [0.3, 0.4) is 0 Å². The quantitative estimate of drug-likeness (QED) is 0.0685. The molecule has 21 N–H and O–H groups in total. The molecule has 23 nitrogen and oxygen atoms in total. The van der Waals surface area contributed by atoms with Gasteiger partial charge in [0, 0.05) is 25.7 Å². The molecular formula is C33H62F2N8O15. The van der Waals surface area contributed by atoms with E-state index >= 15 is 0 Å². The van der Waals surface area contributed by atoms with Gasteiger partial charge in [-0.05, 0) is 38.8 Å². The number of amides is 1. The zero-order valence-corrected chi connectivity index (χ0v) is 31.8. The highest BCUT2D eigenvalue weighted by Gasteiger charge is 2.55. The van der Waals surface area contributed by atoms with Gasteiger partial charge in [-0.1, -0.05) is 0 Å². The van der Waals surface area contributed by atoms with Gasteiger partial charge >= 0.3 is 0 Å². The van der Waals surface area contributed by atoms with Gasteiger partial charge in [-0.3, -0.25) is 4.79 Å². The molecule has 19 atom stereocenters. The fourth-order valence-electron chi connectivity index (χ4n) is 7.89.